The summed E-state index contributed by atoms with van der Waals surface area (Å²) >= 11 is 0. The fourth-order valence-electron chi connectivity index (χ4n) is 2.54. The molecule has 0 radical (unpaired) electrons. The van der Waals surface area contributed by atoms with E-state index >= 15 is 0 Å². The maximum absolute atomic E-state index is 8.98. The molecule has 1 aromatic carbocycles. The molecule has 0 aliphatic rings. The number of nitrogens with zero attached hydrogens (tertiary/aromatic N) is 4. The first kappa shape index (κ1) is 17.0. The lowest BCUT2D eigenvalue weighted by Crippen LogP contribution is -2.21. The summed E-state index contributed by atoms with van der Waals surface area (Å²) < 4.78 is 1.94. The van der Waals surface area contributed by atoms with Gasteiger partial charge in [-0.25, -0.2) is 4.98 Å². The predicted molar refractivity (Wildman–Crippen MR) is 99.7 cm³/mol. The van der Waals surface area contributed by atoms with Crippen molar-refractivity contribution in [1.29, 1.82) is 0 Å². The van der Waals surface area contributed by atoms with Crippen LogP contribution in [0.25, 0.3) is 0 Å². The highest BCUT2D eigenvalue weighted by Crippen LogP contribution is 2.14. The molecule has 0 spiro atoms. The molecular weight excluding hydrogens is 314 g/mol. The number of aromatic nitrogens is 3. The molecule has 130 valence electrons. The van der Waals surface area contributed by atoms with E-state index in [0.717, 1.165) is 23.6 Å². The molecule has 0 atom stereocenters. The van der Waals surface area contributed by atoms with Crippen molar-refractivity contribution in [3.05, 3.63) is 72.2 Å². The average molecular weight is 337 g/mol. The number of nitrogens with one attached hydrogen (secondary N) is 1. The van der Waals surface area contributed by atoms with E-state index in [0.29, 0.717) is 13.1 Å². The van der Waals surface area contributed by atoms with Crippen LogP contribution < -0.4 is 10.2 Å². The van der Waals surface area contributed by atoms with Crippen LogP contribution in [-0.4, -0.2) is 40.1 Å². The van der Waals surface area contributed by atoms with Crippen molar-refractivity contribution in [2.24, 2.45) is 0 Å². The predicted octanol–water partition coefficient (Wildman–Crippen LogP) is 2.37. The van der Waals surface area contributed by atoms with E-state index in [4.69, 9.17) is 5.11 Å². The highest BCUT2D eigenvalue weighted by molar-refractivity contribution is 5.49. The minimum absolute atomic E-state index is 0.128. The Morgan fingerprint density at radius 3 is 2.64 bits per heavy atom. The van der Waals surface area contributed by atoms with Gasteiger partial charge in [-0.1, -0.05) is 30.3 Å². The molecule has 3 aromatic rings. The third-order valence-electron chi connectivity index (χ3n) is 3.97. The Kier molecular flexibility index (Phi) is 5.64. The van der Waals surface area contributed by atoms with Crippen LogP contribution in [0.3, 0.4) is 0 Å². The van der Waals surface area contributed by atoms with Crippen LogP contribution in [0, 0.1) is 0 Å². The molecule has 0 bridgehead atoms. The highest BCUT2D eigenvalue weighted by atomic mass is 16.3. The van der Waals surface area contributed by atoms with Crippen LogP contribution in [0.1, 0.15) is 11.1 Å². The molecule has 25 heavy (non-hydrogen) atoms. The third-order valence-corrected chi connectivity index (χ3v) is 3.97. The molecule has 2 N–H and O–H groups in total. The second kappa shape index (κ2) is 8.30. The molecule has 3 rings (SSSR count). The Morgan fingerprint density at radius 1 is 1.08 bits per heavy atom. The monoisotopic (exact) mass is 337 g/mol. The second-order valence-corrected chi connectivity index (χ2v) is 5.93. The Hall–Kier alpha value is -2.86. The van der Waals surface area contributed by atoms with Gasteiger partial charge in [-0.05, 0) is 17.7 Å². The molecule has 2 aromatic heterocycles. The number of anilines is 2. The summed E-state index contributed by atoms with van der Waals surface area (Å²) in [5.74, 6) is 0.817. The molecule has 0 fully saturated rings. The normalized spacial score (nSPS) is 10.6. The minimum Gasteiger partial charge on any atom is -0.395 e. The lowest BCUT2D eigenvalue weighted by molar-refractivity contribution is 0.304. The van der Waals surface area contributed by atoms with Crippen molar-refractivity contribution in [1.82, 2.24) is 14.8 Å². The molecule has 0 amide bonds. The van der Waals surface area contributed by atoms with E-state index in [1.54, 1.807) is 6.20 Å². The van der Waals surface area contributed by atoms with E-state index in [1.807, 2.05) is 59.4 Å². The lowest BCUT2D eigenvalue weighted by Gasteiger charge is -2.17. The number of hydrogen-bond acceptors (Lipinski definition) is 5. The van der Waals surface area contributed by atoms with Gasteiger partial charge in [0.15, 0.2) is 0 Å². The Morgan fingerprint density at radius 2 is 1.92 bits per heavy atom. The number of likely N-dealkylation sites (N-methyl/N-ethyl adjacent to an activating group) is 1. The maximum atomic E-state index is 8.98. The number of benzene rings is 1. The number of rotatable bonds is 8. The van der Waals surface area contributed by atoms with Crippen LogP contribution >= 0.6 is 0 Å². The first-order valence-electron chi connectivity index (χ1n) is 8.32. The number of pyridine rings is 1. The van der Waals surface area contributed by atoms with Gasteiger partial charge in [-0.2, -0.15) is 5.10 Å². The fraction of sp³-hybridized carbons (Fsp3) is 0.263. The van der Waals surface area contributed by atoms with Gasteiger partial charge in [-0.15, -0.1) is 0 Å². The number of aliphatic hydroxyl groups is 1. The van der Waals surface area contributed by atoms with Gasteiger partial charge in [0.1, 0.15) is 5.82 Å². The molecule has 0 aliphatic carbocycles. The van der Waals surface area contributed by atoms with Crippen molar-refractivity contribution < 1.29 is 5.11 Å². The molecule has 6 nitrogen and oxygen atoms in total. The standard InChI is InChI=1S/C19H23N5O/c1-23(9-10-25)18-7-8-19(21-13-18)20-11-17-12-22-24(15-17)14-16-5-3-2-4-6-16/h2-8,12-13,15,25H,9-11,14H2,1H3,(H,20,21). The zero-order chi connectivity index (χ0) is 17.5. The smallest absolute Gasteiger partial charge is 0.126 e. The molecule has 0 unspecified atom stereocenters. The molecule has 0 saturated carbocycles. The van der Waals surface area contributed by atoms with Crippen LogP contribution in [0.15, 0.2) is 61.1 Å². The molecule has 2 heterocycles. The van der Waals surface area contributed by atoms with Crippen LogP contribution in [0.4, 0.5) is 11.5 Å². The van der Waals surface area contributed by atoms with Crippen LogP contribution in [-0.2, 0) is 13.1 Å². The SMILES string of the molecule is CN(CCO)c1ccc(NCc2cnn(Cc3ccccc3)c2)nc1. The van der Waals surface area contributed by atoms with E-state index < -0.39 is 0 Å². The molecule has 0 saturated heterocycles. The van der Waals surface area contributed by atoms with Crippen molar-refractivity contribution in [3.63, 3.8) is 0 Å². The van der Waals surface area contributed by atoms with Gasteiger partial charge >= 0.3 is 0 Å². The quantitative estimate of drug-likeness (QED) is 0.661. The van der Waals surface area contributed by atoms with E-state index in [2.05, 4.69) is 27.5 Å². The van der Waals surface area contributed by atoms with Crippen LogP contribution in [0.5, 0.6) is 0 Å². The van der Waals surface area contributed by atoms with Crippen LogP contribution in [0.2, 0.25) is 0 Å². The summed E-state index contributed by atoms with van der Waals surface area (Å²) in [6.45, 7) is 2.16. The maximum Gasteiger partial charge on any atom is 0.126 e. The van der Waals surface area contributed by atoms with Gasteiger partial charge < -0.3 is 15.3 Å². The first-order valence-corrected chi connectivity index (χ1v) is 8.32. The number of aliphatic hydroxyl groups excluding tert-OH is 1. The molecule has 0 aliphatic heterocycles. The van der Waals surface area contributed by atoms with Gasteiger partial charge in [0.2, 0.25) is 0 Å². The Balaban J connectivity index is 1.53. The number of hydrogen-bond donors (Lipinski definition) is 2. The summed E-state index contributed by atoms with van der Waals surface area (Å²) in [6, 6.07) is 14.2. The summed E-state index contributed by atoms with van der Waals surface area (Å²) in [4.78, 5) is 6.37. The van der Waals surface area contributed by atoms with Crippen molar-refractivity contribution in [3.8, 4) is 0 Å². The Labute approximate surface area is 147 Å². The van der Waals surface area contributed by atoms with Gasteiger partial charge in [0.05, 0.1) is 31.2 Å². The van der Waals surface area contributed by atoms with E-state index in [-0.39, 0.29) is 6.61 Å². The van der Waals surface area contributed by atoms with E-state index in [1.165, 1.54) is 5.56 Å². The van der Waals surface area contributed by atoms with Crippen molar-refractivity contribution in [2.75, 3.05) is 30.4 Å². The summed E-state index contributed by atoms with van der Waals surface area (Å²) in [7, 11) is 1.93. The molecular formula is C19H23N5O. The summed E-state index contributed by atoms with van der Waals surface area (Å²) in [6.07, 6.45) is 5.72. The third kappa shape index (κ3) is 4.81. The topological polar surface area (TPSA) is 66.2 Å². The first-order chi connectivity index (χ1) is 12.2. The van der Waals surface area contributed by atoms with Crippen molar-refractivity contribution >= 4 is 11.5 Å². The second-order valence-electron chi connectivity index (χ2n) is 5.93. The van der Waals surface area contributed by atoms with Gasteiger partial charge in [0, 0.05) is 31.9 Å². The average Bonchev–Trinajstić information content (AvgIpc) is 3.09. The molecule has 6 heteroatoms. The minimum atomic E-state index is 0.128. The summed E-state index contributed by atoms with van der Waals surface area (Å²) in [5.41, 5.74) is 3.32. The lowest BCUT2D eigenvalue weighted by atomic mass is 10.2. The zero-order valence-corrected chi connectivity index (χ0v) is 14.3. The van der Waals surface area contributed by atoms with Gasteiger partial charge in [-0.3, -0.25) is 4.68 Å². The summed E-state index contributed by atoms with van der Waals surface area (Å²) in [5, 5.41) is 16.7. The zero-order valence-electron chi connectivity index (χ0n) is 14.3. The van der Waals surface area contributed by atoms with Crippen molar-refractivity contribution in [2.45, 2.75) is 13.1 Å². The van der Waals surface area contributed by atoms with E-state index in [9.17, 15) is 0 Å². The van der Waals surface area contributed by atoms with Gasteiger partial charge in [0.25, 0.3) is 0 Å². The highest BCUT2D eigenvalue weighted by Gasteiger charge is 2.03. The largest absolute Gasteiger partial charge is 0.395 e. The fourth-order valence-corrected chi connectivity index (χ4v) is 2.54. The Bertz CT molecular complexity index is 770.